The third-order valence-corrected chi connectivity index (χ3v) is 7.02. The molecule has 0 bridgehead atoms. The van der Waals surface area contributed by atoms with Crippen molar-refractivity contribution in [2.24, 2.45) is 9.98 Å². The normalized spacial score (nSPS) is 15.9. The Morgan fingerprint density at radius 3 is 2.46 bits per heavy atom. The lowest BCUT2D eigenvalue weighted by atomic mass is 10.1. The van der Waals surface area contributed by atoms with Gasteiger partial charge in [0.2, 0.25) is 5.91 Å². The van der Waals surface area contributed by atoms with Gasteiger partial charge in [-0.3, -0.25) is 19.3 Å². The highest BCUT2D eigenvalue weighted by atomic mass is 32.2. The van der Waals surface area contributed by atoms with Crippen LogP contribution in [0.1, 0.15) is 27.9 Å². The number of carbonyl (C=O) groups excluding carboxylic acids is 3. The van der Waals surface area contributed by atoms with Crippen LogP contribution in [0.2, 0.25) is 0 Å². The monoisotopic (exact) mass is 512 g/mol. The van der Waals surface area contributed by atoms with Gasteiger partial charge in [0.25, 0.3) is 5.91 Å². The summed E-state index contributed by atoms with van der Waals surface area (Å²) in [6.45, 7) is 0.321. The first kappa shape index (κ1) is 24.5. The SMILES string of the molecule is COc1ccc(CNC(=O)CC2C(=O)N=C3c4ccccc4N=C(SCC(=O)c4ccccc4)N32)cc1. The van der Waals surface area contributed by atoms with Gasteiger partial charge >= 0.3 is 0 Å². The zero-order chi connectivity index (χ0) is 25.8. The minimum atomic E-state index is -0.836. The Labute approximate surface area is 218 Å². The van der Waals surface area contributed by atoms with Gasteiger partial charge in [-0.1, -0.05) is 66.4 Å². The number of hydrogen-bond donors (Lipinski definition) is 1. The molecule has 0 aliphatic carbocycles. The third-order valence-electron chi connectivity index (χ3n) is 6.06. The highest BCUT2D eigenvalue weighted by Gasteiger charge is 2.42. The summed E-state index contributed by atoms with van der Waals surface area (Å²) in [5, 5.41) is 3.35. The summed E-state index contributed by atoms with van der Waals surface area (Å²) in [4.78, 5) is 49.3. The van der Waals surface area contributed by atoms with Crippen molar-refractivity contribution in [2.45, 2.75) is 19.0 Å². The number of nitrogens with zero attached hydrogens (tertiary/aromatic N) is 3. The molecule has 9 heteroatoms. The van der Waals surface area contributed by atoms with Crippen LogP contribution in [0.5, 0.6) is 5.75 Å². The van der Waals surface area contributed by atoms with E-state index in [2.05, 4.69) is 10.3 Å². The van der Waals surface area contributed by atoms with Crippen LogP contribution in [0, 0.1) is 0 Å². The van der Waals surface area contributed by atoms with Crippen LogP contribution in [-0.4, -0.2) is 52.4 Å². The topological polar surface area (TPSA) is 100 Å². The molecule has 1 N–H and O–H groups in total. The predicted octanol–water partition coefficient (Wildman–Crippen LogP) is 3.98. The molecular weight excluding hydrogens is 488 g/mol. The summed E-state index contributed by atoms with van der Waals surface area (Å²) >= 11 is 1.24. The fourth-order valence-corrected chi connectivity index (χ4v) is 5.07. The van der Waals surface area contributed by atoms with Gasteiger partial charge in [-0.2, -0.15) is 4.99 Å². The van der Waals surface area contributed by atoms with Gasteiger partial charge in [-0.05, 0) is 29.8 Å². The summed E-state index contributed by atoms with van der Waals surface area (Å²) in [6, 6.07) is 23.0. The summed E-state index contributed by atoms with van der Waals surface area (Å²) in [6.07, 6.45) is -0.0869. The quantitative estimate of drug-likeness (QED) is 0.459. The first-order chi connectivity index (χ1) is 18.0. The Balaban J connectivity index is 1.32. The number of benzene rings is 3. The molecule has 2 aliphatic rings. The minimum absolute atomic E-state index is 0.0510. The number of rotatable bonds is 8. The molecular formula is C28H24N4O4S. The van der Waals surface area contributed by atoms with E-state index in [1.807, 2.05) is 66.7 Å². The van der Waals surface area contributed by atoms with Gasteiger partial charge in [0.05, 0.1) is 25.0 Å². The van der Waals surface area contributed by atoms with E-state index in [-0.39, 0.29) is 23.9 Å². The molecule has 0 fully saturated rings. The molecule has 3 aromatic rings. The Kier molecular flexibility index (Phi) is 7.14. The molecule has 2 amide bonds. The van der Waals surface area contributed by atoms with Crippen molar-refractivity contribution in [1.82, 2.24) is 10.2 Å². The van der Waals surface area contributed by atoms with Crippen molar-refractivity contribution in [1.29, 1.82) is 0 Å². The van der Waals surface area contributed by atoms with Gasteiger partial charge in [-0.15, -0.1) is 0 Å². The van der Waals surface area contributed by atoms with E-state index in [1.165, 1.54) is 11.8 Å². The van der Waals surface area contributed by atoms with Crippen molar-refractivity contribution in [3.8, 4) is 5.75 Å². The summed E-state index contributed by atoms with van der Waals surface area (Å²) in [5.74, 6) is 0.586. The molecule has 0 saturated heterocycles. The van der Waals surface area contributed by atoms with Gasteiger partial charge in [0, 0.05) is 17.7 Å². The second kappa shape index (κ2) is 10.8. The highest BCUT2D eigenvalue weighted by Crippen LogP contribution is 2.35. The van der Waals surface area contributed by atoms with Gasteiger partial charge < -0.3 is 10.1 Å². The van der Waals surface area contributed by atoms with Crippen molar-refractivity contribution in [3.63, 3.8) is 0 Å². The first-order valence-electron chi connectivity index (χ1n) is 11.7. The molecule has 0 saturated carbocycles. The van der Waals surface area contributed by atoms with Crippen LogP contribution in [0.25, 0.3) is 0 Å². The summed E-state index contributed by atoms with van der Waals surface area (Å²) in [7, 11) is 1.60. The van der Waals surface area contributed by atoms with Crippen LogP contribution >= 0.6 is 11.8 Å². The smallest absolute Gasteiger partial charge is 0.271 e. The van der Waals surface area contributed by atoms with Gasteiger partial charge in [-0.25, -0.2) is 4.99 Å². The number of para-hydroxylation sites is 1. The number of hydrogen-bond acceptors (Lipinski definition) is 7. The number of ether oxygens (including phenoxy) is 1. The molecule has 0 aromatic heterocycles. The maximum absolute atomic E-state index is 13.0. The van der Waals surface area contributed by atoms with E-state index in [0.29, 0.717) is 28.8 Å². The Morgan fingerprint density at radius 2 is 1.70 bits per heavy atom. The second-order valence-corrected chi connectivity index (χ2v) is 9.42. The zero-order valence-electron chi connectivity index (χ0n) is 20.1. The Bertz CT molecular complexity index is 1400. The molecule has 3 aromatic carbocycles. The van der Waals surface area contributed by atoms with E-state index < -0.39 is 11.9 Å². The van der Waals surface area contributed by atoms with Crippen LogP contribution in [0.15, 0.2) is 88.8 Å². The molecule has 37 heavy (non-hydrogen) atoms. The molecule has 1 atom stereocenters. The predicted molar refractivity (Wildman–Crippen MR) is 143 cm³/mol. The Morgan fingerprint density at radius 1 is 0.973 bits per heavy atom. The number of aliphatic imine (C=N–C) groups is 2. The number of amides is 2. The fraction of sp³-hybridized carbons (Fsp3) is 0.179. The van der Waals surface area contributed by atoms with Crippen LogP contribution in [0.4, 0.5) is 5.69 Å². The van der Waals surface area contributed by atoms with Gasteiger partial charge in [0.15, 0.2) is 11.0 Å². The molecule has 0 spiro atoms. The van der Waals surface area contributed by atoms with Crippen molar-refractivity contribution in [3.05, 3.63) is 95.6 Å². The average Bonchev–Trinajstić information content (AvgIpc) is 3.27. The maximum atomic E-state index is 13.0. The van der Waals surface area contributed by atoms with E-state index in [1.54, 1.807) is 24.1 Å². The number of thioether (sulfide) groups is 1. The number of carbonyl (C=O) groups is 3. The number of ketones is 1. The molecule has 2 aliphatic heterocycles. The van der Waals surface area contributed by atoms with Crippen LogP contribution < -0.4 is 10.1 Å². The maximum Gasteiger partial charge on any atom is 0.271 e. The van der Waals surface area contributed by atoms with Crippen molar-refractivity contribution >= 4 is 46.1 Å². The standard InChI is InChI=1S/C28H24N4O4S/c1-36-20-13-11-18(12-14-20)16-29-25(34)15-23-27(35)31-26-21-9-5-6-10-22(21)30-28(32(23)26)37-17-24(33)19-7-3-2-4-8-19/h2-14,23H,15-17H2,1H3,(H,29,34). The lowest BCUT2D eigenvalue weighted by Gasteiger charge is -2.30. The zero-order valence-corrected chi connectivity index (χ0v) is 20.9. The van der Waals surface area contributed by atoms with Gasteiger partial charge in [0.1, 0.15) is 17.6 Å². The lowest BCUT2D eigenvalue weighted by Crippen LogP contribution is -2.46. The van der Waals surface area contributed by atoms with E-state index in [0.717, 1.165) is 16.9 Å². The minimum Gasteiger partial charge on any atom is -0.497 e. The van der Waals surface area contributed by atoms with E-state index in [9.17, 15) is 14.4 Å². The first-order valence-corrected chi connectivity index (χ1v) is 12.7. The largest absolute Gasteiger partial charge is 0.497 e. The van der Waals surface area contributed by atoms with Crippen LogP contribution in [-0.2, 0) is 16.1 Å². The molecule has 1 unspecified atom stereocenters. The highest BCUT2D eigenvalue weighted by molar-refractivity contribution is 8.14. The number of fused-ring (bicyclic) bond motifs is 3. The van der Waals surface area contributed by atoms with Crippen molar-refractivity contribution in [2.75, 3.05) is 12.9 Å². The fourth-order valence-electron chi connectivity index (χ4n) is 4.13. The molecule has 186 valence electrons. The summed E-state index contributed by atoms with van der Waals surface area (Å²) < 4.78 is 5.16. The number of Topliss-reactive ketones (excluding diaryl/α,β-unsaturated/α-hetero) is 1. The average molecular weight is 513 g/mol. The van der Waals surface area contributed by atoms with E-state index >= 15 is 0 Å². The van der Waals surface area contributed by atoms with Crippen LogP contribution in [0.3, 0.4) is 0 Å². The molecule has 0 radical (unpaired) electrons. The van der Waals surface area contributed by atoms with E-state index in [4.69, 9.17) is 9.73 Å². The number of methoxy groups -OCH3 is 1. The third kappa shape index (κ3) is 5.31. The number of nitrogens with one attached hydrogen (secondary N) is 1. The Hall–Kier alpha value is -4.24. The molecule has 2 heterocycles. The lowest BCUT2D eigenvalue weighted by molar-refractivity contribution is -0.126. The molecule has 8 nitrogen and oxygen atoms in total. The number of amidine groups is 2. The summed E-state index contributed by atoms with van der Waals surface area (Å²) in [5.41, 5.74) is 2.90. The second-order valence-electron chi connectivity index (χ2n) is 8.48. The van der Waals surface area contributed by atoms with Crippen molar-refractivity contribution < 1.29 is 19.1 Å². The molecule has 5 rings (SSSR count).